The third kappa shape index (κ3) is 4.92. The van der Waals surface area contributed by atoms with Crippen LogP contribution in [0.25, 0.3) is 0 Å². The van der Waals surface area contributed by atoms with Gasteiger partial charge >= 0.3 is 0 Å². The molecule has 1 aromatic rings. The standard InChI is InChI=1S/C17H27IO2/c1-12(2)15(11-18)13-7-9-14(10-8-13)20-16(19-6)17(3,4)5/h7-10,12,15-16H,11H2,1-6H3. The van der Waals surface area contributed by atoms with E-state index in [-0.39, 0.29) is 11.7 Å². The van der Waals surface area contributed by atoms with Gasteiger partial charge in [-0.15, -0.1) is 0 Å². The number of methoxy groups -OCH3 is 1. The van der Waals surface area contributed by atoms with Crippen molar-refractivity contribution < 1.29 is 9.47 Å². The molecule has 20 heavy (non-hydrogen) atoms. The Hall–Kier alpha value is -0.290. The minimum absolute atomic E-state index is 0.0455. The van der Waals surface area contributed by atoms with E-state index in [9.17, 15) is 0 Å². The number of halogens is 1. The number of benzene rings is 1. The van der Waals surface area contributed by atoms with Crippen molar-refractivity contribution in [3.8, 4) is 5.75 Å². The van der Waals surface area contributed by atoms with Crippen LogP contribution in [0.3, 0.4) is 0 Å². The monoisotopic (exact) mass is 390 g/mol. The number of rotatable bonds is 6. The van der Waals surface area contributed by atoms with E-state index in [0.717, 1.165) is 10.2 Å². The first kappa shape index (κ1) is 17.8. The summed E-state index contributed by atoms with van der Waals surface area (Å²) in [5.74, 6) is 2.12. The second kappa shape index (κ2) is 7.64. The molecular formula is C17H27IO2. The zero-order chi connectivity index (χ0) is 15.3. The van der Waals surface area contributed by atoms with Crippen LogP contribution in [-0.4, -0.2) is 17.8 Å². The van der Waals surface area contributed by atoms with Crippen LogP contribution in [0.15, 0.2) is 24.3 Å². The number of hydrogen-bond acceptors (Lipinski definition) is 2. The Balaban J connectivity index is 2.81. The first-order chi connectivity index (χ1) is 9.29. The predicted molar refractivity (Wildman–Crippen MR) is 93.8 cm³/mol. The third-order valence-electron chi connectivity index (χ3n) is 3.44. The minimum Gasteiger partial charge on any atom is -0.464 e. The maximum Gasteiger partial charge on any atom is 0.204 e. The maximum atomic E-state index is 5.93. The largest absolute Gasteiger partial charge is 0.464 e. The number of hydrogen-bond donors (Lipinski definition) is 0. The van der Waals surface area contributed by atoms with Gasteiger partial charge in [-0.3, -0.25) is 0 Å². The molecule has 1 aromatic carbocycles. The van der Waals surface area contributed by atoms with Crippen LogP contribution in [0.2, 0.25) is 0 Å². The molecule has 2 atom stereocenters. The van der Waals surface area contributed by atoms with E-state index in [1.807, 2.05) is 0 Å². The average Bonchev–Trinajstić information content (AvgIpc) is 2.36. The fraction of sp³-hybridized carbons (Fsp3) is 0.647. The van der Waals surface area contributed by atoms with Gasteiger partial charge in [0, 0.05) is 17.0 Å². The maximum absolute atomic E-state index is 5.93. The fourth-order valence-electron chi connectivity index (χ4n) is 2.15. The Morgan fingerprint density at radius 2 is 1.65 bits per heavy atom. The molecule has 0 aliphatic heterocycles. The van der Waals surface area contributed by atoms with Gasteiger partial charge in [0.05, 0.1) is 0 Å². The van der Waals surface area contributed by atoms with Gasteiger partial charge in [-0.25, -0.2) is 0 Å². The van der Waals surface area contributed by atoms with E-state index in [1.165, 1.54) is 5.56 Å². The van der Waals surface area contributed by atoms with E-state index >= 15 is 0 Å². The van der Waals surface area contributed by atoms with Gasteiger partial charge in [-0.05, 0) is 29.5 Å². The molecule has 2 unspecified atom stereocenters. The molecule has 0 saturated carbocycles. The van der Waals surface area contributed by atoms with Gasteiger partial charge in [0.15, 0.2) is 0 Å². The van der Waals surface area contributed by atoms with Gasteiger partial charge in [0.25, 0.3) is 0 Å². The lowest BCUT2D eigenvalue weighted by Gasteiger charge is -2.29. The van der Waals surface area contributed by atoms with Gasteiger partial charge in [-0.2, -0.15) is 0 Å². The molecule has 0 aromatic heterocycles. The van der Waals surface area contributed by atoms with Gasteiger partial charge < -0.3 is 9.47 Å². The van der Waals surface area contributed by atoms with Gasteiger partial charge in [0.2, 0.25) is 6.29 Å². The normalized spacial score (nSPS) is 15.2. The second-order valence-corrected chi connectivity index (χ2v) is 7.51. The summed E-state index contributed by atoms with van der Waals surface area (Å²) in [4.78, 5) is 0. The summed E-state index contributed by atoms with van der Waals surface area (Å²) in [6, 6.07) is 8.45. The highest BCUT2D eigenvalue weighted by atomic mass is 127. The summed E-state index contributed by atoms with van der Waals surface area (Å²) in [5.41, 5.74) is 1.34. The van der Waals surface area contributed by atoms with Crippen molar-refractivity contribution in [2.45, 2.75) is 46.8 Å². The first-order valence-electron chi connectivity index (χ1n) is 7.15. The predicted octanol–water partition coefficient (Wildman–Crippen LogP) is 5.26. The lowest BCUT2D eigenvalue weighted by atomic mass is 9.90. The summed E-state index contributed by atoms with van der Waals surface area (Å²) >= 11 is 2.46. The molecule has 0 saturated heterocycles. The molecule has 114 valence electrons. The Bertz CT molecular complexity index is 392. The Morgan fingerprint density at radius 1 is 1.10 bits per heavy atom. The van der Waals surface area contributed by atoms with E-state index in [4.69, 9.17) is 9.47 Å². The SMILES string of the molecule is COC(Oc1ccc(C(CI)C(C)C)cc1)C(C)(C)C. The lowest BCUT2D eigenvalue weighted by Crippen LogP contribution is -2.33. The van der Waals surface area contributed by atoms with Crippen LogP contribution in [0, 0.1) is 11.3 Å². The van der Waals surface area contributed by atoms with Crippen molar-refractivity contribution in [1.82, 2.24) is 0 Å². The van der Waals surface area contributed by atoms with Crippen molar-refractivity contribution in [2.24, 2.45) is 11.3 Å². The average molecular weight is 390 g/mol. The Morgan fingerprint density at radius 3 is 2.00 bits per heavy atom. The quantitative estimate of drug-likeness (QED) is 0.375. The topological polar surface area (TPSA) is 18.5 Å². The van der Waals surface area contributed by atoms with E-state index < -0.39 is 0 Å². The Labute approximate surface area is 137 Å². The van der Waals surface area contributed by atoms with E-state index in [0.29, 0.717) is 11.8 Å². The zero-order valence-corrected chi connectivity index (χ0v) is 15.6. The van der Waals surface area contributed by atoms with Gasteiger partial charge in [0.1, 0.15) is 5.75 Å². The molecule has 0 amide bonds. The van der Waals surface area contributed by atoms with Crippen LogP contribution in [0.1, 0.15) is 46.1 Å². The molecule has 0 aliphatic carbocycles. The molecule has 0 radical (unpaired) electrons. The minimum atomic E-state index is -0.237. The number of ether oxygens (including phenoxy) is 2. The molecule has 3 heteroatoms. The number of alkyl halides is 1. The summed E-state index contributed by atoms with van der Waals surface area (Å²) in [7, 11) is 1.69. The molecule has 0 spiro atoms. The van der Waals surface area contributed by atoms with Crippen LogP contribution in [0.4, 0.5) is 0 Å². The van der Waals surface area contributed by atoms with Crippen molar-refractivity contribution in [2.75, 3.05) is 11.5 Å². The van der Waals surface area contributed by atoms with Gasteiger partial charge in [-0.1, -0.05) is 69.3 Å². The second-order valence-electron chi connectivity index (χ2n) is 6.63. The smallest absolute Gasteiger partial charge is 0.204 e. The molecule has 0 heterocycles. The Kier molecular flexibility index (Phi) is 6.79. The van der Waals surface area contributed by atoms with Crippen molar-refractivity contribution in [3.63, 3.8) is 0 Å². The zero-order valence-electron chi connectivity index (χ0n) is 13.4. The van der Waals surface area contributed by atoms with Crippen molar-refractivity contribution in [1.29, 1.82) is 0 Å². The van der Waals surface area contributed by atoms with Crippen molar-refractivity contribution >= 4 is 22.6 Å². The molecule has 0 fully saturated rings. The van der Waals surface area contributed by atoms with Crippen LogP contribution in [0.5, 0.6) is 5.75 Å². The summed E-state index contributed by atoms with van der Waals surface area (Å²) in [6.45, 7) is 10.9. The third-order valence-corrected chi connectivity index (χ3v) is 4.39. The van der Waals surface area contributed by atoms with E-state index in [1.54, 1.807) is 7.11 Å². The van der Waals surface area contributed by atoms with Crippen LogP contribution in [-0.2, 0) is 4.74 Å². The fourth-order valence-corrected chi connectivity index (χ4v) is 3.67. The molecule has 1 rings (SSSR count). The highest BCUT2D eigenvalue weighted by Gasteiger charge is 2.26. The van der Waals surface area contributed by atoms with Crippen LogP contribution < -0.4 is 4.74 Å². The van der Waals surface area contributed by atoms with Crippen LogP contribution >= 0.6 is 22.6 Å². The van der Waals surface area contributed by atoms with Crippen molar-refractivity contribution in [3.05, 3.63) is 29.8 Å². The lowest BCUT2D eigenvalue weighted by molar-refractivity contribution is -0.120. The first-order valence-corrected chi connectivity index (χ1v) is 8.67. The summed E-state index contributed by atoms with van der Waals surface area (Å²) < 4.78 is 12.5. The molecule has 0 aliphatic rings. The van der Waals surface area contributed by atoms with E-state index in [2.05, 4.69) is 81.5 Å². The highest BCUT2D eigenvalue weighted by molar-refractivity contribution is 14.1. The molecule has 0 N–H and O–H groups in total. The summed E-state index contributed by atoms with van der Waals surface area (Å²) in [5, 5.41) is 0. The summed E-state index contributed by atoms with van der Waals surface area (Å²) in [6.07, 6.45) is -0.237. The highest BCUT2D eigenvalue weighted by Crippen LogP contribution is 2.30. The molecular weight excluding hydrogens is 363 g/mol. The molecule has 0 bridgehead atoms. The molecule has 2 nitrogen and oxygen atoms in total.